The van der Waals surface area contributed by atoms with Gasteiger partial charge in [-0.05, 0) is 98.5 Å². The number of aliphatic hydroxyl groups excluding tert-OH is 1. The van der Waals surface area contributed by atoms with E-state index in [9.17, 15) is 24.6 Å². The molecular weight excluding hydrogens is 668 g/mol. The van der Waals surface area contributed by atoms with Gasteiger partial charge in [0, 0.05) is 35.0 Å². The number of rotatable bonds is 14. The first-order valence-electron chi connectivity index (χ1n) is 17.9. The summed E-state index contributed by atoms with van der Waals surface area (Å²) in [5, 5.41) is 30.3. The molecule has 53 heavy (non-hydrogen) atoms. The summed E-state index contributed by atoms with van der Waals surface area (Å²) in [5.74, 6) is -0.663. The van der Waals surface area contributed by atoms with Crippen LogP contribution in [0.4, 0.5) is 0 Å². The van der Waals surface area contributed by atoms with Gasteiger partial charge in [-0.15, -0.1) is 4.58 Å². The van der Waals surface area contributed by atoms with Crippen LogP contribution in [0.3, 0.4) is 0 Å². The number of carbonyl (C=O) groups excluding carboxylic acids is 2. The number of amides is 2. The molecule has 0 fully saturated rings. The summed E-state index contributed by atoms with van der Waals surface area (Å²) in [6.45, 7) is 5.18. The molecule has 4 aromatic carbocycles. The minimum atomic E-state index is -1.09. The van der Waals surface area contributed by atoms with E-state index < -0.39 is 5.97 Å². The minimum Gasteiger partial charge on any atom is -0.493 e. The second kappa shape index (κ2) is 15.1. The van der Waals surface area contributed by atoms with Crippen LogP contribution >= 0.6 is 0 Å². The molecule has 6 aromatic rings. The summed E-state index contributed by atoms with van der Waals surface area (Å²) in [6, 6.07) is 30.4. The monoisotopic (exact) mass is 709 g/mol. The SMILES string of the molecule is Cc1cc(C(=O)NCCCCC[N+]2=C(O)c3ccccc3C2=O)cc(C)c1-c1cccc2c(CCCOc3cccc4ccccc34)c(C(=O)O)nn12. The summed E-state index contributed by atoms with van der Waals surface area (Å²) in [7, 11) is 0. The van der Waals surface area contributed by atoms with Crippen molar-refractivity contribution in [3.8, 4) is 17.0 Å². The highest BCUT2D eigenvalue weighted by atomic mass is 16.5. The second-order valence-corrected chi connectivity index (χ2v) is 13.4. The van der Waals surface area contributed by atoms with Gasteiger partial charge >= 0.3 is 17.8 Å². The Bertz CT molecular complexity index is 2400. The number of unbranched alkanes of at least 4 members (excludes halogenated alkanes) is 2. The van der Waals surface area contributed by atoms with E-state index in [1.807, 2.05) is 86.6 Å². The lowest BCUT2D eigenvalue weighted by molar-refractivity contribution is -0.434. The summed E-state index contributed by atoms with van der Waals surface area (Å²) < 4.78 is 9.24. The Hall–Kier alpha value is -6.29. The number of nitrogens with zero attached hydrogens (tertiary/aromatic N) is 3. The van der Waals surface area contributed by atoms with Crippen molar-refractivity contribution in [2.24, 2.45) is 0 Å². The fourth-order valence-electron chi connectivity index (χ4n) is 7.31. The Morgan fingerprint density at radius 1 is 0.849 bits per heavy atom. The van der Waals surface area contributed by atoms with Gasteiger partial charge in [-0.2, -0.15) is 5.10 Å². The number of hydrogen-bond donors (Lipinski definition) is 3. The highest BCUT2D eigenvalue weighted by Crippen LogP contribution is 2.32. The molecule has 0 unspecified atom stereocenters. The molecular formula is C43H41N4O6+. The predicted molar refractivity (Wildman–Crippen MR) is 204 cm³/mol. The van der Waals surface area contributed by atoms with Crippen LogP contribution < -0.4 is 10.1 Å². The first-order chi connectivity index (χ1) is 25.7. The fourth-order valence-corrected chi connectivity index (χ4v) is 7.31. The Labute approximate surface area is 307 Å². The van der Waals surface area contributed by atoms with Gasteiger partial charge in [0.15, 0.2) is 12.2 Å². The van der Waals surface area contributed by atoms with Gasteiger partial charge in [0.1, 0.15) is 16.9 Å². The molecule has 10 nitrogen and oxygen atoms in total. The van der Waals surface area contributed by atoms with E-state index >= 15 is 0 Å². The van der Waals surface area contributed by atoms with Crippen LogP contribution in [-0.4, -0.2) is 67.8 Å². The van der Waals surface area contributed by atoms with Crippen LogP contribution in [0.25, 0.3) is 27.5 Å². The number of hydrogen-bond acceptors (Lipinski definition) is 5. The van der Waals surface area contributed by atoms with Gasteiger partial charge in [0.25, 0.3) is 5.91 Å². The number of carbonyl (C=O) groups is 3. The molecule has 3 heterocycles. The zero-order valence-corrected chi connectivity index (χ0v) is 29.8. The lowest BCUT2D eigenvalue weighted by atomic mass is 9.96. The average Bonchev–Trinajstić information content (AvgIpc) is 3.65. The first-order valence-corrected chi connectivity index (χ1v) is 17.9. The molecule has 10 heteroatoms. The van der Waals surface area contributed by atoms with Crippen LogP contribution in [0.1, 0.15) is 79.1 Å². The van der Waals surface area contributed by atoms with Crippen LogP contribution in [0.2, 0.25) is 0 Å². The molecule has 0 radical (unpaired) electrons. The van der Waals surface area contributed by atoms with Crippen molar-refractivity contribution in [2.75, 3.05) is 19.7 Å². The molecule has 0 saturated heterocycles. The van der Waals surface area contributed by atoms with Crippen LogP contribution in [0.5, 0.6) is 5.75 Å². The largest absolute Gasteiger partial charge is 0.493 e. The summed E-state index contributed by atoms with van der Waals surface area (Å²) >= 11 is 0. The van der Waals surface area contributed by atoms with Crippen molar-refractivity contribution in [3.63, 3.8) is 0 Å². The number of nitrogens with one attached hydrogen (secondary N) is 1. The third-order valence-corrected chi connectivity index (χ3v) is 9.83. The Kier molecular flexibility index (Phi) is 10.0. The van der Waals surface area contributed by atoms with E-state index in [0.717, 1.165) is 57.3 Å². The highest BCUT2D eigenvalue weighted by molar-refractivity contribution is 6.09. The number of aryl methyl sites for hydroxylation is 3. The molecule has 0 bridgehead atoms. The van der Waals surface area contributed by atoms with E-state index in [-0.39, 0.29) is 23.4 Å². The number of fused-ring (bicyclic) bond motifs is 3. The van der Waals surface area contributed by atoms with Gasteiger partial charge < -0.3 is 20.3 Å². The number of pyridine rings is 1. The van der Waals surface area contributed by atoms with Gasteiger partial charge in [-0.25, -0.2) is 14.1 Å². The van der Waals surface area contributed by atoms with E-state index in [4.69, 9.17) is 4.74 Å². The standard InChI is InChI=1S/C43H40N4O6/c1-27-25-30(40(48)44-22-8-3-9-23-46-41(49)32-16-6-7-17-33(32)42(46)50)26-28(2)38(27)36-20-11-19-35-34(39(43(51)52)45-47(35)36)18-12-24-53-37-21-10-14-29-13-4-5-15-31(29)37/h4-7,10-11,13-17,19-21,25-26H,3,8-9,12,18,22-24H2,1-2H3,(H2,44,48,51,52)/p+1. The van der Waals surface area contributed by atoms with Crippen molar-refractivity contribution in [1.82, 2.24) is 14.9 Å². The van der Waals surface area contributed by atoms with E-state index in [1.165, 1.54) is 4.58 Å². The van der Waals surface area contributed by atoms with Crippen molar-refractivity contribution >= 4 is 40.0 Å². The second-order valence-electron chi connectivity index (χ2n) is 13.4. The Morgan fingerprint density at radius 3 is 2.34 bits per heavy atom. The average molecular weight is 710 g/mol. The maximum atomic E-state index is 13.2. The Morgan fingerprint density at radius 2 is 1.57 bits per heavy atom. The zero-order valence-electron chi connectivity index (χ0n) is 29.8. The topological polar surface area (TPSA) is 133 Å². The molecule has 0 atom stereocenters. The third kappa shape index (κ3) is 7.00. The molecule has 1 aliphatic heterocycles. The van der Waals surface area contributed by atoms with Crippen molar-refractivity contribution < 1.29 is 33.9 Å². The molecule has 0 spiro atoms. The maximum absolute atomic E-state index is 13.2. The maximum Gasteiger partial charge on any atom is 0.423 e. The molecule has 2 amide bonds. The zero-order chi connectivity index (χ0) is 37.1. The number of aromatic nitrogens is 2. The minimum absolute atomic E-state index is 0.00160. The number of aliphatic hydroxyl groups is 1. The fraction of sp³-hybridized carbons (Fsp3) is 0.233. The lowest BCUT2D eigenvalue weighted by Crippen LogP contribution is -2.25. The van der Waals surface area contributed by atoms with Crippen LogP contribution in [0, 0.1) is 13.8 Å². The normalized spacial score (nSPS) is 12.5. The molecule has 1 aliphatic rings. The van der Waals surface area contributed by atoms with Gasteiger partial charge in [-0.3, -0.25) is 4.79 Å². The van der Waals surface area contributed by atoms with E-state index in [2.05, 4.69) is 10.4 Å². The summed E-state index contributed by atoms with van der Waals surface area (Å²) in [5.41, 5.74) is 6.36. The van der Waals surface area contributed by atoms with Crippen molar-refractivity contribution in [2.45, 2.75) is 46.0 Å². The smallest absolute Gasteiger partial charge is 0.423 e. The predicted octanol–water partition coefficient (Wildman–Crippen LogP) is 7.55. The van der Waals surface area contributed by atoms with Gasteiger partial charge in [-0.1, -0.05) is 54.6 Å². The van der Waals surface area contributed by atoms with Crippen molar-refractivity contribution in [1.29, 1.82) is 0 Å². The molecule has 268 valence electrons. The number of benzene rings is 4. The number of carboxylic acids is 1. The highest BCUT2D eigenvalue weighted by Gasteiger charge is 2.37. The molecule has 0 saturated carbocycles. The van der Waals surface area contributed by atoms with Gasteiger partial charge in [0.05, 0.1) is 17.8 Å². The van der Waals surface area contributed by atoms with E-state index in [0.29, 0.717) is 61.2 Å². The molecule has 3 N–H and O–H groups in total. The van der Waals surface area contributed by atoms with Crippen LogP contribution in [-0.2, 0) is 6.42 Å². The van der Waals surface area contributed by atoms with Crippen LogP contribution in [0.15, 0.2) is 97.1 Å². The quantitative estimate of drug-likeness (QED) is 0.0786. The molecule has 7 rings (SSSR count). The summed E-state index contributed by atoms with van der Waals surface area (Å²) in [6.07, 6.45) is 3.27. The van der Waals surface area contributed by atoms with E-state index in [1.54, 1.807) is 28.8 Å². The first kappa shape index (κ1) is 35.1. The third-order valence-electron chi connectivity index (χ3n) is 9.83. The van der Waals surface area contributed by atoms with Crippen molar-refractivity contribution in [3.05, 3.63) is 136 Å². The summed E-state index contributed by atoms with van der Waals surface area (Å²) in [4.78, 5) is 38.2. The number of aromatic carboxylic acids is 1. The number of carboxylic acid groups (broad SMARTS) is 1. The Balaban J connectivity index is 0.989. The van der Waals surface area contributed by atoms with Gasteiger partial charge in [0.2, 0.25) is 0 Å². The lowest BCUT2D eigenvalue weighted by Gasteiger charge is -2.14. The number of ether oxygens (including phenoxy) is 1. The molecule has 2 aromatic heterocycles. The molecule has 0 aliphatic carbocycles.